The molecule has 160 valence electrons. The maximum atomic E-state index is 12.7. The molecule has 1 aliphatic carbocycles. The number of carbonyl (C=O) groups is 1. The number of carbonyl (C=O) groups excluding carboxylic acids is 1. The van der Waals surface area contributed by atoms with E-state index in [2.05, 4.69) is 48.2 Å². The van der Waals surface area contributed by atoms with Crippen LogP contribution < -0.4 is 4.90 Å². The first-order valence-corrected chi connectivity index (χ1v) is 11.1. The molecule has 1 saturated heterocycles. The second kappa shape index (κ2) is 8.25. The molecular formula is C24H33N5O. The molecule has 0 bridgehead atoms. The summed E-state index contributed by atoms with van der Waals surface area (Å²) in [5, 5.41) is 0. The minimum Gasteiger partial charge on any atom is -0.353 e. The summed E-state index contributed by atoms with van der Waals surface area (Å²) in [6.45, 7) is 13.6. The van der Waals surface area contributed by atoms with E-state index in [1.165, 1.54) is 24.2 Å². The van der Waals surface area contributed by atoms with E-state index in [9.17, 15) is 4.79 Å². The highest BCUT2D eigenvalue weighted by molar-refractivity contribution is 5.92. The zero-order valence-electron chi connectivity index (χ0n) is 18.9. The second-order valence-electron chi connectivity index (χ2n) is 8.95. The van der Waals surface area contributed by atoms with Gasteiger partial charge >= 0.3 is 0 Å². The van der Waals surface area contributed by atoms with Gasteiger partial charge in [-0.15, -0.1) is 0 Å². The van der Waals surface area contributed by atoms with Crippen molar-refractivity contribution in [2.45, 2.75) is 59.4 Å². The molecule has 2 aliphatic rings. The van der Waals surface area contributed by atoms with Crippen LogP contribution in [0.5, 0.6) is 0 Å². The SMILES string of the molecule is Cc1cc(N2CCN(C(=O)/C=C/c3cc(C)n(C4CC4)c3C)CC2)nc(C(C)C)n1. The zero-order valence-corrected chi connectivity index (χ0v) is 18.9. The highest BCUT2D eigenvalue weighted by Gasteiger charge is 2.27. The molecule has 6 nitrogen and oxygen atoms in total. The number of hydrogen-bond donors (Lipinski definition) is 0. The monoisotopic (exact) mass is 407 g/mol. The Kier molecular flexibility index (Phi) is 5.67. The molecule has 3 heterocycles. The van der Waals surface area contributed by atoms with Crippen molar-refractivity contribution in [3.8, 4) is 0 Å². The highest BCUT2D eigenvalue weighted by Crippen LogP contribution is 2.38. The molecule has 0 spiro atoms. The molecule has 0 unspecified atom stereocenters. The summed E-state index contributed by atoms with van der Waals surface area (Å²) in [6.07, 6.45) is 6.26. The Morgan fingerprint density at radius 2 is 1.77 bits per heavy atom. The first kappa shape index (κ1) is 20.6. The summed E-state index contributed by atoms with van der Waals surface area (Å²) >= 11 is 0. The average molecular weight is 408 g/mol. The largest absolute Gasteiger partial charge is 0.353 e. The topological polar surface area (TPSA) is 54.3 Å². The third-order valence-electron chi connectivity index (χ3n) is 6.13. The fourth-order valence-corrected chi connectivity index (χ4v) is 4.28. The summed E-state index contributed by atoms with van der Waals surface area (Å²) in [5.41, 5.74) is 4.71. The fraction of sp³-hybridized carbons (Fsp3) is 0.542. The standard InChI is InChI=1S/C24H33N5O/c1-16(2)24-25-17(3)14-22(26-24)27-10-12-28(13-11-27)23(30)9-6-20-15-18(4)29(19(20)5)21-7-8-21/h6,9,14-16,21H,7-8,10-13H2,1-5H3/b9-6+. The quantitative estimate of drug-likeness (QED) is 0.703. The summed E-state index contributed by atoms with van der Waals surface area (Å²) in [7, 11) is 0. The van der Waals surface area contributed by atoms with Gasteiger partial charge in [0.1, 0.15) is 11.6 Å². The van der Waals surface area contributed by atoms with E-state index in [0.29, 0.717) is 25.0 Å². The number of hydrogen-bond acceptors (Lipinski definition) is 4. The number of rotatable bonds is 5. The minimum absolute atomic E-state index is 0.0904. The van der Waals surface area contributed by atoms with Crippen molar-refractivity contribution in [1.29, 1.82) is 0 Å². The second-order valence-corrected chi connectivity index (χ2v) is 8.95. The van der Waals surface area contributed by atoms with Crippen LogP contribution in [0.3, 0.4) is 0 Å². The van der Waals surface area contributed by atoms with E-state index in [1.807, 2.05) is 24.0 Å². The van der Waals surface area contributed by atoms with Crippen LogP contribution in [0.4, 0.5) is 5.82 Å². The molecule has 0 aromatic carbocycles. The van der Waals surface area contributed by atoms with E-state index in [1.54, 1.807) is 6.08 Å². The summed E-state index contributed by atoms with van der Waals surface area (Å²) in [5.74, 6) is 2.25. The van der Waals surface area contributed by atoms with Gasteiger partial charge in [0.15, 0.2) is 0 Å². The van der Waals surface area contributed by atoms with Crippen LogP contribution in [-0.4, -0.2) is 51.5 Å². The van der Waals surface area contributed by atoms with Crippen molar-refractivity contribution >= 4 is 17.8 Å². The lowest BCUT2D eigenvalue weighted by atomic mass is 10.2. The lowest BCUT2D eigenvalue weighted by molar-refractivity contribution is -0.126. The summed E-state index contributed by atoms with van der Waals surface area (Å²) < 4.78 is 2.41. The molecule has 6 heteroatoms. The third-order valence-corrected chi connectivity index (χ3v) is 6.13. The van der Waals surface area contributed by atoms with Crippen LogP contribution in [0.1, 0.15) is 67.1 Å². The van der Waals surface area contributed by atoms with E-state index < -0.39 is 0 Å². The molecular weight excluding hydrogens is 374 g/mol. The molecule has 4 rings (SSSR count). The Labute approximate surface area is 179 Å². The molecule has 2 fully saturated rings. The van der Waals surface area contributed by atoms with Crippen molar-refractivity contribution in [3.05, 3.63) is 46.7 Å². The van der Waals surface area contributed by atoms with Gasteiger partial charge in [-0.3, -0.25) is 4.79 Å². The first-order valence-electron chi connectivity index (χ1n) is 11.1. The zero-order chi connectivity index (χ0) is 21.4. The van der Waals surface area contributed by atoms with Gasteiger partial charge in [-0.05, 0) is 51.3 Å². The van der Waals surface area contributed by atoms with Crippen molar-refractivity contribution in [2.75, 3.05) is 31.1 Å². The van der Waals surface area contributed by atoms with E-state index in [0.717, 1.165) is 36.0 Å². The maximum Gasteiger partial charge on any atom is 0.246 e. The van der Waals surface area contributed by atoms with Gasteiger partial charge in [0.25, 0.3) is 0 Å². The third kappa shape index (κ3) is 4.27. The normalized spacial score (nSPS) is 17.4. The van der Waals surface area contributed by atoms with Gasteiger partial charge in [-0.25, -0.2) is 9.97 Å². The predicted molar refractivity (Wildman–Crippen MR) is 121 cm³/mol. The van der Waals surface area contributed by atoms with Gasteiger partial charge in [0.05, 0.1) is 0 Å². The van der Waals surface area contributed by atoms with E-state index in [-0.39, 0.29) is 5.91 Å². The molecule has 2 aromatic rings. The number of nitrogens with zero attached hydrogens (tertiary/aromatic N) is 5. The smallest absolute Gasteiger partial charge is 0.246 e. The van der Waals surface area contributed by atoms with Crippen molar-refractivity contribution < 1.29 is 4.79 Å². The van der Waals surface area contributed by atoms with Gasteiger partial charge in [0.2, 0.25) is 5.91 Å². The van der Waals surface area contributed by atoms with Crippen molar-refractivity contribution in [2.24, 2.45) is 0 Å². The number of anilines is 1. The lowest BCUT2D eigenvalue weighted by Gasteiger charge is -2.35. The Bertz CT molecular complexity index is 962. The Balaban J connectivity index is 1.38. The summed E-state index contributed by atoms with van der Waals surface area (Å²) in [6, 6.07) is 4.90. The van der Waals surface area contributed by atoms with Crippen LogP contribution in [0.25, 0.3) is 6.08 Å². The Hall–Kier alpha value is -2.63. The number of piperazine rings is 1. The fourth-order valence-electron chi connectivity index (χ4n) is 4.28. The van der Waals surface area contributed by atoms with Crippen molar-refractivity contribution in [3.63, 3.8) is 0 Å². The Morgan fingerprint density at radius 3 is 2.40 bits per heavy atom. The van der Waals surface area contributed by atoms with Crippen LogP contribution in [-0.2, 0) is 4.79 Å². The minimum atomic E-state index is 0.0904. The van der Waals surface area contributed by atoms with Gasteiger partial charge in [-0.1, -0.05) is 13.8 Å². The molecule has 2 aromatic heterocycles. The van der Waals surface area contributed by atoms with E-state index >= 15 is 0 Å². The molecule has 1 amide bonds. The highest BCUT2D eigenvalue weighted by atomic mass is 16.2. The van der Waals surface area contributed by atoms with Gasteiger partial charge in [0, 0.05) is 67.4 Å². The first-order chi connectivity index (χ1) is 14.3. The number of aromatic nitrogens is 3. The van der Waals surface area contributed by atoms with Crippen LogP contribution in [0, 0.1) is 20.8 Å². The van der Waals surface area contributed by atoms with Gasteiger partial charge in [-0.2, -0.15) is 0 Å². The number of amides is 1. The van der Waals surface area contributed by atoms with Crippen LogP contribution in [0.2, 0.25) is 0 Å². The summed E-state index contributed by atoms with van der Waals surface area (Å²) in [4.78, 5) is 26.2. The molecule has 0 radical (unpaired) electrons. The lowest BCUT2D eigenvalue weighted by Crippen LogP contribution is -2.48. The molecule has 1 saturated carbocycles. The molecule has 0 atom stereocenters. The molecule has 0 N–H and O–H groups in total. The van der Waals surface area contributed by atoms with Crippen LogP contribution in [0.15, 0.2) is 18.2 Å². The van der Waals surface area contributed by atoms with E-state index in [4.69, 9.17) is 4.98 Å². The maximum absolute atomic E-state index is 12.7. The van der Waals surface area contributed by atoms with Crippen molar-refractivity contribution in [1.82, 2.24) is 19.4 Å². The van der Waals surface area contributed by atoms with Gasteiger partial charge < -0.3 is 14.4 Å². The van der Waals surface area contributed by atoms with Crippen LogP contribution >= 0.6 is 0 Å². The Morgan fingerprint density at radius 1 is 1.07 bits per heavy atom. The number of aryl methyl sites for hydroxylation is 2. The molecule has 30 heavy (non-hydrogen) atoms. The molecule has 1 aliphatic heterocycles. The predicted octanol–water partition coefficient (Wildman–Crippen LogP) is 4.02. The average Bonchev–Trinajstić information content (AvgIpc) is 3.51.